The molecule has 2 aromatic carbocycles. The van der Waals surface area contributed by atoms with Crippen LogP contribution in [0, 0.1) is 26.0 Å². The second-order valence-electron chi connectivity index (χ2n) is 6.91. The Kier molecular flexibility index (Phi) is 5.16. The molecule has 0 fully saturated rings. The van der Waals surface area contributed by atoms with Gasteiger partial charge in [0.15, 0.2) is 0 Å². The molecule has 0 aliphatic heterocycles. The molecule has 0 spiro atoms. The van der Waals surface area contributed by atoms with Crippen molar-refractivity contribution < 1.29 is 35.0 Å². The Labute approximate surface area is 187 Å². The first-order valence-electron chi connectivity index (χ1n) is 9.13. The fraction of sp³-hybridized carbons (Fsp3) is 0.182. The summed E-state index contributed by atoms with van der Waals surface area (Å²) in [6, 6.07) is 14.9. The monoisotopic (exact) mass is 581 g/mol. The molecule has 0 bridgehead atoms. The zero-order chi connectivity index (χ0) is 20.1. The number of hydrogen-bond donors (Lipinski definition) is 0. The van der Waals surface area contributed by atoms with E-state index in [-0.39, 0.29) is 21.1 Å². The van der Waals surface area contributed by atoms with Crippen LogP contribution in [0.15, 0.2) is 41.1 Å². The summed E-state index contributed by atoms with van der Waals surface area (Å²) in [5.74, 6) is 1.10. The van der Waals surface area contributed by atoms with E-state index in [1.54, 1.807) is 12.4 Å². The number of benzene rings is 2. The molecule has 3 aromatic heterocycles. The van der Waals surface area contributed by atoms with Crippen LogP contribution in [-0.2, 0) is 35.2 Å². The second kappa shape index (κ2) is 7.65. The summed E-state index contributed by atoms with van der Waals surface area (Å²) < 4.78 is 21.4. The smallest absolute Gasteiger partial charge is 0.564 e. The van der Waals surface area contributed by atoms with Gasteiger partial charge in [-0.1, -0.05) is 12.1 Å². The SMILES string of the molecule is Cc1cnc(Oc2[c-]c3c(cc2)oc2ccc(Oc4ncc(C)n4C)[c-]c23)n1C.[Pt+2]. The van der Waals surface area contributed by atoms with Crippen molar-refractivity contribution in [1.82, 2.24) is 19.1 Å². The van der Waals surface area contributed by atoms with Gasteiger partial charge in [-0.25, -0.2) is 9.97 Å². The minimum Gasteiger partial charge on any atom is -0.564 e. The number of rotatable bonds is 4. The maximum atomic E-state index is 5.90. The number of aryl methyl sites for hydroxylation is 2. The van der Waals surface area contributed by atoms with Crippen LogP contribution in [0.1, 0.15) is 11.4 Å². The third-order valence-corrected chi connectivity index (χ3v) is 4.99. The minimum atomic E-state index is 0. The first-order chi connectivity index (χ1) is 14.0. The molecule has 5 rings (SSSR count). The molecular weight excluding hydrogens is 563 g/mol. The van der Waals surface area contributed by atoms with E-state index in [1.807, 2.05) is 61.3 Å². The Balaban J connectivity index is 0.00000218. The summed E-state index contributed by atoms with van der Waals surface area (Å²) in [5.41, 5.74) is 3.41. The number of aromatic nitrogens is 4. The van der Waals surface area contributed by atoms with Crippen molar-refractivity contribution >= 4 is 21.9 Å². The van der Waals surface area contributed by atoms with E-state index in [0.29, 0.717) is 34.7 Å². The normalized spacial score (nSPS) is 11.1. The van der Waals surface area contributed by atoms with E-state index >= 15 is 0 Å². The minimum absolute atomic E-state index is 0. The molecule has 8 heteroatoms. The molecular formula is C22H18N4O3Pt. The average Bonchev–Trinajstić information content (AvgIpc) is 3.34. The van der Waals surface area contributed by atoms with Crippen LogP contribution in [0.3, 0.4) is 0 Å². The summed E-state index contributed by atoms with van der Waals surface area (Å²) in [6.07, 6.45) is 3.52. The van der Waals surface area contributed by atoms with Gasteiger partial charge in [0.05, 0.1) is 12.4 Å². The Morgan fingerprint density at radius 1 is 0.767 bits per heavy atom. The van der Waals surface area contributed by atoms with Gasteiger partial charge < -0.3 is 23.0 Å². The topological polar surface area (TPSA) is 67.2 Å². The summed E-state index contributed by atoms with van der Waals surface area (Å²) in [7, 11) is 3.81. The summed E-state index contributed by atoms with van der Waals surface area (Å²) in [6.45, 7) is 3.94. The van der Waals surface area contributed by atoms with Crippen LogP contribution in [0.2, 0.25) is 0 Å². The summed E-state index contributed by atoms with van der Waals surface area (Å²) in [4.78, 5) is 8.54. The van der Waals surface area contributed by atoms with Gasteiger partial charge in [-0.05, 0) is 25.0 Å². The van der Waals surface area contributed by atoms with Crippen molar-refractivity contribution in [2.45, 2.75) is 13.8 Å². The van der Waals surface area contributed by atoms with E-state index in [0.717, 1.165) is 22.2 Å². The van der Waals surface area contributed by atoms with E-state index in [4.69, 9.17) is 13.9 Å². The van der Waals surface area contributed by atoms with Crippen molar-refractivity contribution in [2.75, 3.05) is 0 Å². The molecule has 0 saturated heterocycles. The van der Waals surface area contributed by atoms with Gasteiger partial charge in [-0.15, -0.1) is 24.3 Å². The fourth-order valence-corrected chi connectivity index (χ4v) is 3.03. The van der Waals surface area contributed by atoms with Crippen molar-refractivity contribution in [2.24, 2.45) is 14.1 Å². The van der Waals surface area contributed by atoms with Crippen LogP contribution < -0.4 is 9.47 Å². The van der Waals surface area contributed by atoms with Crippen molar-refractivity contribution in [1.29, 1.82) is 0 Å². The summed E-state index contributed by atoms with van der Waals surface area (Å²) >= 11 is 0. The van der Waals surface area contributed by atoms with Gasteiger partial charge in [0, 0.05) is 37.0 Å². The maximum absolute atomic E-state index is 5.90. The third-order valence-electron chi connectivity index (χ3n) is 4.99. The Hall–Kier alpha value is -3.05. The van der Waals surface area contributed by atoms with Gasteiger partial charge in [-0.3, -0.25) is 0 Å². The maximum Gasteiger partial charge on any atom is 2.00 e. The number of furan rings is 1. The molecule has 0 unspecified atom stereocenters. The number of ether oxygens (including phenoxy) is 2. The van der Waals surface area contributed by atoms with Gasteiger partial charge in [0.25, 0.3) is 12.0 Å². The molecule has 0 saturated carbocycles. The van der Waals surface area contributed by atoms with Gasteiger partial charge >= 0.3 is 21.1 Å². The molecule has 0 aliphatic rings. The molecule has 3 heterocycles. The number of imidazole rings is 2. The third kappa shape index (κ3) is 3.39. The first-order valence-corrected chi connectivity index (χ1v) is 9.13. The zero-order valence-corrected chi connectivity index (χ0v) is 19.1. The number of hydrogen-bond acceptors (Lipinski definition) is 5. The number of fused-ring (bicyclic) bond motifs is 3. The van der Waals surface area contributed by atoms with Crippen LogP contribution in [0.25, 0.3) is 21.9 Å². The van der Waals surface area contributed by atoms with Crippen LogP contribution in [0.5, 0.6) is 23.5 Å². The van der Waals surface area contributed by atoms with Gasteiger partial charge in [0.1, 0.15) is 0 Å². The van der Waals surface area contributed by atoms with E-state index in [2.05, 4.69) is 22.1 Å². The number of nitrogens with zero attached hydrogens (tertiary/aromatic N) is 4. The Morgan fingerprint density at radius 2 is 1.20 bits per heavy atom. The second-order valence-corrected chi connectivity index (χ2v) is 6.91. The Morgan fingerprint density at radius 3 is 1.57 bits per heavy atom. The molecule has 5 aromatic rings. The molecule has 0 amide bonds. The summed E-state index contributed by atoms with van der Waals surface area (Å²) in [5, 5.41) is 1.54. The standard InChI is InChI=1S/C22H18N4O3.Pt/c1-13-11-23-21(25(13)3)27-15-5-7-19-17(9-15)18-10-16(6-8-20(18)29-19)28-22-24-12-14(2)26(22)4;/h5-8,11-12H,1-4H3;/q-2;+2. The first kappa shape index (κ1) is 20.2. The predicted molar refractivity (Wildman–Crippen MR) is 107 cm³/mol. The van der Waals surface area contributed by atoms with Crippen LogP contribution in [-0.4, -0.2) is 19.1 Å². The largest absolute Gasteiger partial charge is 2.00 e. The van der Waals surface area contributed by atoms with Gasteiger partial charge in [0.2, 0.25) is 0 Å². The van der Waals surface area contributed by atoms with Crippen LogP contribution in [0.4, 0.5) is 0 Å². The predicted octanol–water partition coefficient (Wildman–Crippen LogP) is 4.85. The fourth-order valence-electron chi connectivity index (χ4n) is 3.03. The van der Waals surface area contributed by atoms with Crippen molar-refractivity contribution in [3.05, 3.63) is 60.2 Å². The van der Waals surface area contributed by atoms with E-state index in [9.17, 15) is 0 Å². The molecule has 154 valence electrons. The average molecular weight is 581 g/mol. The molecule has 0 radical (unpaired) electrons. The Bertz CT molecular complexity index is 1260. The molecule has 30 heavy (non-hydrogen) atoms. The van der Waals surface area contributed by atoms with Crippen molar-refractivity contribution in [3.8, 4) is 23.5 Å². The molecule has 0 aliphatic carbocycles. The van der Waals surface area contributed by atoms with Crippen LogP contribution >= 0.6 is 0 Å². The molecule has 7 nitrogen and oxygen atoms in total. The van der Waals surface area contributed by atoms with E-state index in [1.165, 1.54) is 0 Å². The van der Waals surface area contributed by atoms with Crippen molar-refractivity contribution in [3.63, 3.8) is 0 Å². The van der Waals surface area contributed by atoms with E-state index < -0.39 is 0 Å². The molecule has 0 N–H and O–H groups in total. The van der Waals surface area contributed by atoms with Gasteiger partial charge in [-0.2, -0.15) is 10.8 Å². The quantitative estimate of drug-likeness (QED) is 0.284. The zero-order valence-electron chi connectivity index (χ0n) is 16.8. The molecule has 0 atom stereocenters.